The average molecular weight is 322 g/mol. The zero-order valence-electron chi connectivity index (χ0n) is 13.4. The second-order valence-corrected chi connectivity index (χ2v) is 6.29. The van der Waals surface area contributed by atoms with Crippen LogP contribution in [0.3, 0.4) is 0 Å². The van der Waals surface area contributed by atoms with Crippen molar-refractivity contribution in [1.82, 2.24) is 19.8 Å². The number of hydrogen-bond acceptors (Lipinski definition) is 6. The highest BCUT2D eigenvalue weighted by atomic mass is 19.1. The Balaban J connectivity index is 1.58. The van der Waals surface area contributed by atoms with Crippen molar-refractivity contribution in [3.05, 3.63) is 12.1 Å². The van der Waals surface area contributed by atoms with E-state index in [-0.39, 0.29) is 23.5 Å². The van der Waals surface area contributed by atoms with Crippen LogP contribution in [0.5, 0.6) is 0 Å². The topological polar surface area (TPSA) is 78.6 Å². The average Bonchev–Trinajstić information content (AvgIpc) is 2.58. The fourth-order valence-corrected chi connectivity index (χ4v) is 3.22. The molecule has 2 N–H and O–H groups in total. The van der Waals surface area contributed by atoms with Crippen molar-refractivity contribution >= 4 is 17.5 Å². The lowest BCUT2D eigenvalue weighted by atomic mass is 9.95. The first-order chi connectivity index (χ1) is 11.1. The van der Waals surface area contributed by atoms with E-state index in [9.17, 15) is 9.18 Å². The van der Waals surface area contributed by atoms with Gasteiger partial charge in [-0.15, -0.1) is 0 Å². The van der Waals surface area contributed by atoms with E-state index >= 15 is 0 Å². The van der Waals surface area contributed by atoms with Crippen LogP contribution >= 0.6 is 0 Å². The number of anilines is 2. The molecule has 8 heteroatoms. The van der Waals surface area contributed by atoms with Gasteiger partial charge < -0.3 is 20.4 Å². The van der Waals surface area contributed by atoms with Gasteiger partial charge in [-0.25, -0.2) is 9.97 Å². The van der Waals surface area contributed by atoms with Crippen molar-refractivity contribution in [3.63, 3.8) is 0 Å². The highest BCUT2D eigenvalue weighted by Gasteiger charge is 2.31. The van der Waals surface area contributed by atoms with E-state index in [1.807, 2.05) is 9.80 Å². The van der Waals surface area contributed by atoms with Crippen LogP contribution in [-0.2, 0) is 4.79 Å². The molecule has 0 aliphatic carbocycles. The molecule has 2 aliphatic heterocycles. The smallest absolute Gasteiger partial charge is 0.225 e. The molecule has 7 nitrogen and oxygen atoms in total. The molecule has 3 heterocycles. The normalized spacial score (nSPS) is 20.8. The van der Waals surface area contributed by atoms with Gasteiger partial charge in [-0.2, -0.15) is 4.39 Å². The molecule has 0 aromatic carbocycles. The summed E-state index contributed by atoms with van der Waals surface area (Å²) >= 11 is 0. The van der Waals surface area contributed by atoms with Crippen LogP contribution < -0.4 is 10.6 Å². The molecule has 0 saturated carbocycles. The fraction of sp³-hybridized carbons (Fsp3) is 0.667. The number of nitrogen functional groups attached to an aromatic ring is 1. The standard InChI is InChI=1S/C15H23FN6O/c1-20-6-8-22(9-7-20)15(23)11-2-4-21(5-3-11)14-12(16)13(17)18-10-19-14/h10-11H,2-9H2,1H3,(H2,17,18,19). The Hall–Kier alpha value is -1.96. The third-order valence-corrected chi connectivity index (χ3v) is 4.76. The maximum Gasteiger partial charge on any atom is 0.225 e. The summed E-state index contributed by atoms with van der Waals surface area (Å²) in [7, 11) is 2.07. The summed E-state index contributed by atoms with van der Waals surface area (Å²) in [6.45, 7) is 4.67. The lowest BCUT2D eigenvalue weighted by molar-refractivity contribution is -0.137. The van der Waals surface area contributed by atoms with Crippen molar-refractivity contribution in [2.24, 2.45) is 5.92 Å². The molecule has 0 unspecified atom stereocenters. The zero-order valence-corrected chi connectivity index (χ0v) is 13.4. The Morgan fingerprint density at radius 2 is 1.83 bits per heavy atom. The van der Waals surface area contributed by atoms with Crippen molar-refractivity contribution in [1.29, 1.82) is 0 Å². The molecule has 0 bridgehead atoms. The van der Waals surface area contributed by atoms with Crippen LogP contribution in [0.25, 0.3) is 0 Å². The predicted octanol–water partition coefficient (Wildman–Crippen LogP) is 0.188. The summed E-state index contributed by atoms with van der Waals surface area (Å²) in [6.07, 6.45) is 2.71. The number of nitrogens with zero attached hydrogens (tertiary/aromatic N) is 5. The van der Waals surface area contributed by atoms with Crippen LogP contribution in [0.1, 0.15) is 12.8 Å². The Kier molecular flexibility index (Phi) is 4.61. The number of nitrogens with two attached hydrogens (primary N) is 1. The summed E-state index contributed by atoms with van der Waals surface area (Å²) in [4.78, 5) is 26.3. The highest BCUT2D eigenvalue weighted by Crippen LogP contribution is 2.26. The molecule has 0 spiro atoms. The number of aromatic nitrogens is 2. The van der Waals surface area contributed by atoms with Gasteiger partial charge in [0.2, 0.25) is 11.7 Å². The second kappa shape index (κ2) is 6.66. The van der Waals surface area contributed by atoms with Gasteiger partial charge >= 0.3 is 0 Å². The minimum atomic E-state index is -0.573. The highest BCUT2D eigenvalue weighted by molar-refractivity contribution is 5.79. The molecule has 23 heavy (non-hydrogen) atoms. The number of rotatable bonds is 2. The summed E-state index contributed by atoms with van der Waals surface area (Å²) in [5.74, 6) is -0.206. The van der Waals surface area contributed by atoms with Crippen LogP contribution in [-0.4, -0.2) is 72.0 Å². The van der Waals surface area contributed by atoms with Gasteiger partial charge in [0.25, 0.3) is 0 Å². The number of halogens is 1. The van der Waals surface area contributed by atoms with E-state index in [1.165, 1.54) is 6.33 Å². The molecule has 126 valence electrons. The van der Waals surface area contributed by atoms with E-state index in [1.54, 1.807) is 0 Å². The largest absolute Gasteiger partial charge is 0.381 e. The third kappa shape index (κ3) is 3.36. The van der Waals surface area contributed by atoms with Crippen molar-refractivity contribution in [2.45, 2.75) is 12.8 Å². The van der Waals surface area contributed by atoms with Gasteiger partial charge in [-0.05, 0) is 19.9 Å². The molecule has 1 aromatic heterocycles. The van der Waals surface area contributed by atoms with Gasteiger partial charge in [0.15, 0.2) is 11.6 Å². The van der Waals surface area contributed by atoms with E-state index in [4.69, 9.17) is 5.73 Å². The monoisotopic (exact) mass is 322 g/mol. The van der Waals surface area contributed by atoms with Crippen molar-refractivity contribution in [2.75, 3.05) is 56.9 Å². The molecular weight excluding hydrogens is 299 g/mol. The lowest BCUT2D eigenvalue weighted by Crippen LogP contribution is -2.50. The maximum atomic E-state index is 14.0. The van der Waals surface area contributed by atoms with Gasteiger partial charge in [0.05, 0.1) is 0 Å². The first kappa shape index (κ1) is 15.9. The van der Waals surface area contributed by atoms with E-state index in [0.717, 1.165) is 26.2 Å². The van der Waals surface area contributed by atoms with Crippen LogP contribution in [0.4, 0.5) is 16.0 Å². The fourth-order valence-electron chi connectivity index (χ4n) is 3.22. The van der Waals surface area contributed by atoms with Gasteiger partial charge in [0, 0.05) is 45.2 Å². The second-order valence-electron chi connectivity index (χ2n) is 6.29. The first-order valence-corrected chi connectivity index (χ1v) is 8.04. The minimum absolute atomic E-state index is 0.0249. The molecule has 2 fully saturated rings. The van der Waals surface area contributed by atoms with Gasteiger partial charge in [0.1, 0.15) is 6.33 Å². The Labute approximate surface area is 135 Å². The Bertz CT molecular complexity index is 567. The molecule has 2 aliphatic rings. The number of carbonyl (C=O) groups is 1. The van der Waals surface area contributed by atoms with Gasteiger partial charge in [-0.1, -0.05) is 0 Å². The number of piperazine rings is 1. The van der Waals surface area contributed by atoms with Gasteiger partial charge in [-0.3, -0.25) is 4.79 Å². The van der Waals surface area contributed by atoms with E-state index in [2.05, 4.69) is 21.9 Å². The predicted molar refractivity (Wildman–Crippen MR) is 85.4 cm³/mol. The maximum absolute atomic E-state index is 14.0. The molecule has 3 rings (SSSR count). The number of amides is 1. The molecule has 0 atom stereocenters. The van der Waals surface area contributed by atoms with Crippen molar-refractivity contribution < 1.29 is 9.18 Å². The summed E-state index contributed by atoms with van der Waals surface area (Å²) in [6, 6.07) is 0. The molecule has 2 saturated heterocycles. The quantitative estimate of drug-likeness (QED) is 0.837. The van der Waals surface area contributed by atoms with E-state index in [0.29, 0.717) is 25.9 Å². The SMILES string of the molecule is CN1CCN(C(=O)C2CCN(c3ncnc(N)c3F)CC2)CC1. The third-order valence-electron chi connectivity index (χ3n) is 4.76. The number of carbonyl (C=O) groups excluding carboxylic acids is 1. The summed E-state index contributed by atoms with van der Waals surface area (Å²) in [5.41, 5.74) is 5.49. The Morgan fingerprint density at radius 3 is 2.48 bits per heavy atom. The molecule has 0 radical (unpaired) electrons. The number of hydrogen-bond donors (Lipinski definition) is 1. The van der Waals surface area contributed by atoms with E-state index < -0.39 is 5.82 Å². The first-order valence-electron chi connectivity index (χ1n) is 8.04. The summed E-state index contributed by atoms with van der Waals surface area (Å²) in [5, 5.41) is 0. The van der Waals surface area contributed by atoms with Crippen LogP contribution in [0.2, 0.25) is 0 Å². The molecule has 1 aromatic rings. The minimum Gasteiger partial charge on any atom is -0.381 e. The summed E-state index contributed by atoms with van der Waals surface area (Å²) < 4.78 is 14.0. The van der Waals surface area contributed by atoms with Crippen LogP contribution in [0, 0.1) is 11.7 Å². The van der Waals surface area contributed by atoms with Crippen molar-refractivity contribution in [3.8, 4) is 0 Å². The number of likely N-dealkylation sites (N-methyl/N-ethyl adjacent to an activating group) is 1. The lowest BCUT2D eigenvalue weighted by Gasteiger charge is -2.37. The molecule has 1 amide bonds. The zero-order chi connectivity index (χ0) is 16.4. The molecular formula is C15H23FN6O. The Morgan fingerprint density at radius 1 is 1.17 bits per heavy atom. The van der Waals surface area contributed by atoms with Crippen LogP contribution in [0.15, 0.2) is 6.33 Å². The number of piperidine rings is 1.